The lowest BCUT2D eigenvalue weighted by Gasteiger charge is -2.11. The van der Waals surface area contributed by atoms with Gasteiger partial charge in [0.15, 0.2) is 11.5 Å². The first-order valence-corrected chi connectivity index (χ1v) is 7.97. The number of hydrogen-bond donors (Lipinski definition) is 1. The predicted molar refractivity (Wildman–Crippen MR) is 98.2 cm³/mol. The van der Waals surface area contributed by atoms with Crippen molar-refractivity contribution >= 4 is 23.9 Å². The van der Waals surface area contributed by atoms with Crippen molar-refractivity contribution < 1.29 is 28.6 Å². The van der Waals surface area contributed by atoms with Crippen LogP contribution >= 0.6 is 0 Å². The largest absolute Gasteiger partial charge is 0.493 e. The zero-order valence-electron chi connectivity index (χ0n) is 15.1. The third kappa shape index (κ3) is 5.43. The molecule has 2 rings (SSSR count). The maximum absolute atomic E-state index is 12.3. The first-order valence-electron chi connectivity index (χ1n) is 7.97. The molecule has 0 bridgehead atoms. The average Bonchev–Trinajstić information content (AvgIpc) is 2.68. The van der Waals surface area contributed by atoms with Crippen molar-refractivity contribution in [1.29, 1.82) is 0 Å². The van der Waals surface area contributed by atoms with Gasteiger partial charge in [-0.25, -0.2) is 4.79 Å². The Hall–Kier alpha value is -3.61. The topological polar surface area (TPSA) is 90.9 Å². The van der Waals surface area contributed by atoms with Gasteiger partial charge in [-0.1, -0.05) is 24.3 Å². The molecule has 1 amide bonds. The van der Waals surface area contributed by atoms with Crippen LogP contribution in [0.25, 0.3) is 6.08 Å². The van der Waals surface area contributed by atoms with E-state index >= 15 is 0 Å². The van der Waals surface area contributed by atoms with E-state index in [1.165, 1.54) is 33.3 Å². The summed E-state index contributed by atoms with van der Waals surface area (Å²) in [6.45, 7) is 1.28. The number of hydrogen-bond acceptors (Lipinski definition) is 6. The van der Waals surface area contributed by atoms with Crippen molar-refractivity contribution in [2.45, 2.75) is 6.92 Å². The summed E-state index contributed by atoms with van der Waals surface area (Å²) in [5, 5.41) is 2.54. The van der Waals surface area contributed by atoms with E-state index in [0.717, 1.165) is 0 Å². The fraction of sp³-hybridized carbons (Fsp3) is 0.150. The normalized spacial score (nSPS) is 10.7. The van der Waals surface area contributed by atoms with Crippen molar-refractivity contribution in [3.05, 3.63) is 65.4 Å². The number of methoxy groups -OCH3 is 2. The second-order valence-electron chi connectivity index (χ2n) is 5.37. The molecule has 27 heavy (non-hydrogen) atoms. The predicted octanol–water partition coefficient (Wildman–Crippen LogP) is 2.56. The lowest BCUT2D eigenvalue weighted by atomic mass is 10.1. The quantitative estimate of drug-likeness (QED) is 0.478. The van der Waals surface area contributed by atoms with Crippen LogP contribution in [0, 0.1) is 0 Å². The second kappa shape index (κ2) is 9.19. The van der Waals surface area contributed by atoms with Gasteiger partial charge in [0.05, 0.1) is 14.2 Å². The molecule has 1 N–H and O–H groups in total. The molecule has 0 aliphatic carbocycles. The summed E-state index contributed by atoms with van der Waals surface area (Å²) < 4.78 is 15.0. The Morgan fingerprint density at radius 3 is 2.26 bits per heavy atom. The van der Waals surface area contributed by atoms with Gasteiger partial charge in [-0.05, 0) is 35.9 Å². The lowest BCUT2D eigenvalue weighted by Crippen LogP contribution is -2.28. The molecule has 140 valence electrons. The Kier molecular flexibility index (Phi) is 6.71. The van der Waals surface area contributed by atoms with Crippen LogP contribution < -0.4 is 14.8 Å². The molecule has 2 aromatic carbocycles. The Morgan fingerprint density at radius 1 is 0.963 bits per heavy atom. The van der Waals surface area contributed by atoms with Gasteiger partial charge in [-0.2, -0.15) is 0 Å². The van der Waals surface area contributed by atoms with Gasteiger partial charge in [0.2, 0.25) is 0 Å². The molecular weight excluding hydrogens is 350 g/mol. The van der Waals surface area contributed by atoms with E-state index < -0.39 is 17.8 Å². The highest BCUT2D eigenvalue weighted by Gasteiger charge is 2.15. The highest BCUT2D eigenvalue weighted by molar-refractivity contribution is 6.03. The van der Waals surface area contributed by atoms with Crippen molar-refractivity contribution in [3.8, 4) is 11.5 Å². The second-order valence-corrected chi connectivity index (χ2v) is 5.37. The van der Waals surface area contributed by atoms with Gasteiger partial charge in [-0.3, -0.25) is 9.59 Å². The highest BCUT2D eigenvalue weighted by atomic mass is 16.6. The molecule has 0 fully saturated rings. The molecule has 0 aromatic heterocycles. The Balaban J connectivity index is 2.33. The summed E-state index contributed by atoms with van der Waals surface area (Å²) in [7, 11) is 2.64. The smallest absolute Gasteiger partial charge is 0.354 e. The lowest BCUT2D eigenvalue weighted by molar-refractivity contribution is -0.136. The average molecular weight is 369 g/mol. The van der Waals surface area contributed by atoms with E-state index in [-0.39, 0.29) is 11.4 Å². The van der Waals surface area contributed by atoms with Gasteiger partial charge in [0, 0.05) is 12.5 Å². The first-order chi connectivity index (χ1) is 12.9. The van der Waals surface area contributed by atoms with Crippen LogP contribution in [0.2, 0.25) is 0 Å². The molecule has 0 spiro atoms. The minimum Gasteiger partial charge on any atom is -0.493 e. The Labute approximate surface area is 156 Å². The summed E-state index contributed by atoms with van der Waals surface area (Å²) in [5.74, 6) is -1.09. The van der Waals surface area contributed by atoms with Crippen molar-refractivity contribution in [2.75, 3.05) is 14.2 Å². The number of carbonyl (C=O) groups is 3. The van der Waals surface area contributed by atoms with Crippen molar-refractivity contribution in [3.63, 3.8) is 0 Å². The summed E-state index contributed by atoms with van der Waals surface area (Å²) in [4.78, 5) is 35.5. The monoisotopic (exact) mass is 369 g/mol. The van der Waals surface area contributed by atoms with E-state index in [1.54, 1.807) is 42.5 Å². The number of amides is 1. The maximum atomic E-state index is 12.3. The van der Waals surface area contributed by atoms with Crippen LogP contribution in [0.15, 0.2) is 54.2 Å². The molecule has 0 saturated heterocycles. The zero-order chi connectivity index (χ0) is 19.8. The molecule has 0 atom stereocenters. The number of benzene rings is 2. The van der Waals surface area contributed by atoms with E-state index in [9.17, 15) is 14.4 Å². The van der Waals surface area contributed by atoms with Crippen LogP contribution in [-0.4, -0.2) is 32.1 Å². The van der Waals surface area contributed by atoms with E-state index in [2.05, 4.69) is 5.32 Å². The minimum absolute atomic E-state index is 0.0476. The molecule has 0 aliphatic rings. The number of esters is 2. The van der Waals surface area contributed by atoms with E-state index in [4.69, 9.17) is 14.2 Å². The highest BCUT2D eigenvalue weighted by Crippen LogP contribution is 2.29. The number of rotatable bonds is 6. The molecule has 0 aliphatic heterocycles. The Bertz CT molecular complexity index is 873. The number of nitrogens with one attached hydrogen (secondary N) is 1. The van der Waals surface area contributed by atoms with Gasteiger partial charge >= 0.3 is 11.9 Å². The minimum atomic E-state index is -0.706. The molecule has 0 unspecified atom stereocenters. The number of ether oxygens (including phenoxy) is 3. The summed E-state index contributed by atoms with van der Waals surface area (Å²) >= 11 is 0. The molecule has 0 radical (unpaired) electrons. The van der Waals surface area contributed by atoms with Crippen LogP contribution in [-0.2, 0) is 14.3 Å². The SMILES string of the molecule is COC(=O)/C(=C\c1ccc(OC(C)=O)c(OC)c1)NC(=O)c1ccccc1. The van der Waals surface area contributed by atoms with Crippen LogP contribution in [0.3, 0.4) is 0 Å². The molecule has 7 heteroatoms. The van der Waals surface area contributed by atoms with E-state index in [0.29, 0.717) is 16.9 Å². The fourth-order valence-electron chi connectivity index (χ4n) is 2.22. The van der Waals surface area contributed by atoms with Crippen LogP contribution in [0.4, 0.5) is 0 Å². The fourth-order valence-corrected chi connectivity index (χ4v) is 2.22. The molecule has 7 nitrogen and oxygen atoms in total. The standard InChI is InChI=1S/C20H19NO6/c1-13(22)27-17-10-9-14(12-18(17)25-2)11-16(20(24)26-3)21-19(23)15-7-5-4-6-8-15/h4-12H,1-3H3,(H,21,23)/b16-11+. The van der Waals surface area contributed by atoms with Gasteiger partial charge in [0.1, 0.15) is 5.70 Å². The molecule has 0 heterocycles. The van der Waals surface area contributed by atoms with Gasteiger partial charge < -0.3 is 19.5 Å². The van der Waals surface area contributed by atoms with Crippen molar-refractivity contribution in [2.24, 2.45) is 0 Å². The molecular formula is C20H19NO6. The summed E-state index contributed by atoms with van der Waals surface area (Å²) in [6.07, 6.45) is 1.44. The molecule has 0 saturated carbocycles. The molecule has 2 aromatic rings. The van der Waals surface area contributed by atoms with Gasteiger partial charge in [0.25, 0.3) is 5.91 Å². The van der Waals surface area contributed by atoms with Crippen LogP contribution in [0.5, 0.6) is 11.5 Å². The summed E-state index contributed by atoms with van der Waals surface area (Å²) in [5.41, 5.74) is 0.889. The Morgan fingerprint density at radius 2 is 1.67 bits per heavy atom. The van der Waals surface area contributed by atoms with Crippen LogP contribution in [0.1, 0.15) is 22.8 Å². The first kappa shape index (κ1) is 19.7. The third-order valence-corrected chi connectivity index (χ3v) is 3.44. The summed E-state index contributed by atoms with van der Waals surface area (Å²) in [6, 6.07) is 13.2. The number of carbonyl (C=O) groups excluding carboxylic acids is 3. The van der Waals surface area contributed by atoms with E-state index in [1.807, 2.05) is 0 Å². The zero-order valence-corrected chi connectivity index (χ0v) is 15.1. The van der Waals surface area contributed by atoms with Crippen molar-refractivity contribution in [1.82, 2.24) is 5.32 Å². The van der Waals surface area contributed by atoms with Gasteiger partial charge in [-0.15, -0.1) is 0 Å². The maximum Gasteiger partial charge on any atom is 0.354 e. The third-order valence-electron chi connectivity index (χ3n) is 3.44.